The van der Waals surface area contributed by atoms with Crippen molar-refractivity contribution in [3.63, 3.8) is 0 Å². The van der Waals surface area contributed by atoms with Crippen LogP contribution in [0.4, 0.5) is 13.2 Å². The van der Waals surface area contributed by atoms with E-state index in [1.165, 1.54) is 0 Å². The molecule has 5 nitrogen and oxygen atoms in total. The van der Waals surface area contributed by atoms with E-state index in [-0.39, 0.29) is 18.0 Å². The highest BCUT2D eigenvalue weighted by atomic mass is 19.2. The van der Waals surface area contributed by atoms with Crippen molar-refractivity contribution in [1.29, 1.82) is 0 Å². The van der Waals surface area contributed by atoms with Gasteiger partial charge in [-0.2, -0.15) is 5.10 Å². The quantitative estimate of drug-likeness (QED) is 0.515. The van der Waals surface area contributed by atoms with Gasteiger partial charge in [-0.05, 0) is 50.8 Å². The van der Waals surface area contributed by atoms with Crippen LogP contribution in [-0.4, -0.2) is 27.1 Å². The SMILES string of the molecule is CCn1nc(C)c2c1CCN(C(C)(C(N)=O)c1ccccc1)C2CCc1cc(F)cc(F)c1F. The van der Waals surface area contributed by atoms with Gasteiger partial charge in [0.2, 0.25) is 5.91 Å². The average molecular weight is 471 g/mol. The van der Waals surface area contributed by atoms with Crippen molar-refractivity contribution in [3.8, 4) is 0 Å². The number of amides is 1. The third kappa shape index (κ3) is 4.00. The lowest BCUT2D eigenvalue weighted by Crippen LogP contribution is -2.56. The second kappa shape index (κ2) is 9.25. The third-order valence-corrected chi connectivity index (χ3v) is 7.03. The Hall–Kier alpha value is -3.13. The number of rotatable bonds is 7. The Bertz CT molecular complexity index is 1210. The number of fused-ring (bicyclic) bond motifs is 1. The molecule has 4 rings (SSSR count). The van der Waals surface area contributed by atoms with E-state index in [4.69, 9.17) is 5.73 Å². The fourth-order valence-corrected chi connectivity index (χ4v) is 5.27. The molecule has 8 heteroatoms. The Morgan fingerprint density at radius 3 is 2.56 bits per heavy atom. The van der Waals surface area contributed by atoms with Crippen LogP contribution in [0.1, 0.15) is 54.4 Å². The molecule has 2 heterocycles. The molecule has 0 bridgehead atoms. The maximum atomic E-state index is 14.4. The standard InChI is InChI=1S/C26H29F3N4O/c1-4-33-22-12-13-32(26(3,25(30)34)18-8-6-5-7-9-18)21(23(22)16(2)31-33)11-10-17-14-19(27)15-20(28)24(17)29/h5-9,14-15,21H,4,10-13H2,1-3H3,(H2,30,34). The number of primary amides is 1. The molecule has 34 heavy (non-hydrogen) atoms. The van der Waals surface area contributed by atoms with Gasteiger partial charge in [0, 0.05) is 42.9 Å². The molecule has 1 aliphatic heterocycles. The molecule has 3 aromatic rings. The first-order valence-electron chi connectivity index (χ1n) is 11.5. The highest BCUT2D eigenvalue weighted by Crippen LogP contribution is 2.43. The molecule has 0 spiro atoms. The first kappa shape index (κ1) is 24.0. The van der Waals surface area contributed by atoms with Gasteiger partial charge in [-0.3, -0.25) is 14.4 Å². The van der Waals surface area contributed by atoms with Crippen molar-refractivity contribution in [2.24, 2.45) is 5.73 Å². The summed E-state index contributed by atoms with van der Waals surface area (Å²) in [5.74, 6) is -3.59. The molecule has 1 amide bonds. The van der Waals surface area contributed by atoms with Crippen LogP contribution >= 0.6 is 0 Å². The summed E-state index contributed by atoms with van der Waals surface area (Å²) in [4.78, 5) is 15.0. The molecule has 1 aromatic heterocycles. The lowest BCUT2D eigenvalue weighted by Gasteiger charge is -2.47. The third-order valence-electron chi connectivity index (χ3n) is 7.03. The van der Waals surface area contributed by atoms with Gasteiger partial charge in [-0.1, -0.05) is 30.3 Å². The fraction of sp³-hybridized carbons (Fsp3) is 0.385. The van der Waals surface area contributed by atoms with Crippen molar-refractivity contribution in [2.75, 3.05) is 6.54 Å². The molecule has 2 unspecified atom stereocenters. The normalized spacial score (nSPS) is 17.9. The molecule has 1 aliphatic rings. The Balaban J connectivity index is 1.81. The van der Waals surface area contributed by atoms with Gasteiger partial charge in [-0.25, -0.2) is 13.2 Å². The zero-order valence-electron chi connectivity index (χ0n) is 19.6. The number of nitrogens with two attached hydrogens (primary N) is 1. The van der Waals surface area contributed by atoms with Gasteiger partial charge in [0.05, 0.1) is 5.69 Å². The molecule has 0 aliphatic carbocycles. The first-order valence-corrected chi connectivity index (χ1v) is 11.5. The molecule has 0 saturated heterocycles. The van der Waals surface area contributed by atoms with Crippen LogP contribution in [0.2, 0.25) is 0 Å². The number of nitrogens with zero attached hydrogens (tertiary/aromatic N) is 3. The molecule has 0 saturated carbocycles. The number of carbonyl (C=O) groups is 1. The predicted molar refractivity (Wildman–Crippen MR) is 123 cm³/mol. The van der Waals surface area contributed by atoms with E-state index >= 15 is 0 Å². The summed E-state index contributed by atoms with van der Waals surface area (Å²) < 4.78 is 44.1. The zero-order valence-corrected chi connectivity index (χ0v) is 19.6. The smallest absolute Gasteiger partial charge is 0.242 e. The lowest BCUT2D eigenvalue weighted by atomic mass is 9.82. The van der Waals surface area contributed by atoms with E-state index < -0.39 is 28.9 Å². The minimum atomic E-state index is -1.21. The van der Waals surface area contributed by atoms with E-state index in [2.05, 4.69) is 5.10 Å². The van der Waals surface area contributed by atoms with Gasteiger partial charge < -0.3 is 5.73 Å². The minimum absolute atomic E-state index is 0.0365. The van der Waals surface area contributed by atoms with Crippen LogP contribution in [0.25, 0.3) is 0 Å². The lowest BCUT2D eigenvalue weighted by molar-refractivity contribution is -0.132. The predicted octanol–water partition coefficient (Wildman–Crippen LogP) is 4.56. The van der Waals surface area contributed by atoms with Gasteiger partial charge in [0.15, 0.2) is 11.6 Å². The highest BCUT2D eigenvalue weighted by molar-refractivity contribution is 5.86. The minimum Gasteiger partial charge on any atom is -0.368 e. The molecule has 2 atom stereocenters. The zero-order chi connectivity index (χ0) is 24.6. The maximum absolute atomic E-state index is 14.4. The molecule has 2 N–H and O–H groups in total. The summed E-state index contributed by atoms with van der Waals surface area (Å²) >= 11 is 0. The Morgan fingerprint density at radius 1 is 1.21 bits per heavy atom. The molecule has 2 aromatic carbocycles. The van der Waals surface area contributed by atoms with Crippen LogP contribution in [0, 0.1) is 24.4 Å². The molecular formula is C26H29F3N4O. The van der Waals surface area contributed by atoms with Gasteiger partial charge in [-0.15, -0.1) is 0 Å². The van der Waals surface area contributed by atoms with Crippen LogP contribution in [0.3, 0.4) is 0 Å². The molecule has 0 fully saturated rings. The van der Waals surface area contributed by atoms with Crippen molar-refractivity contribution in [3.05, 3.63) is 88.0 Å². The van der Waals surface area contributed by atoms with Crippen LogP contribution in [0.15, 0.2) is 42.5 Å². The van der Waals surface area contributed by atoms with Gasteiger partial charge in [0.1, 0.15) is 11.4 Å². The van der Waals surface area contributed by atoms with E-state index in [9.17, 15) is 18.0 Å². The Labute approximate surface area is 197 Å². The summed E-state index contributed by atoms with van der Waals surface area (Å²) in [5.41, 5.74) is 8.41. The molecule has 180 valence electrons. The van der Waals surface area contributed by atoms with Gasteiger partial charge >= 0.3 is 0 Å². The summed E-state index contributed by atoms with van der Waals surface area (Å²) in [5, 5.41) is 4.68. The largest absolute Gasteiger partial charge is 0.368 e. The average Bonchev–Trinajstić information content (AvgIpc) is 3.16. The van der Waals surface area contributed by atoms with Gasteiger partial charge in [0.25, 0.3) is 0 Å². The highest BCUT2D eigenvalue weighted by Gasteiger charge is 2.46. The van der Waals surface area contributed by atoms with Crippen molar-refractivity contribution >= 4 is 5.91 Å². The van der Waals surface area contributed by atoms with E-state index in [1.807, 2.05) is 53.8 Å². The molecule has 0 radical (unpaired) electrons. The van der Waals surface area contributed by atoms with Crippen LogP contribution in [0.5, 0.6) is 0 Å². The second-order valence-corrected chi connectivity index (χ2v) is 8.92. The summed E-state index contributed by atoms with van der Waals surface area (Å²) in [6.45, 7) is 6.94. The topological polar surface area (TPSA) is 64.2 Å². The number of hydrogen-bond donors (Lipinski definition) is 1. The number of benzene rings is 2. The fourth-order valence-electron chi connectivity index (χ4n) is 5.27. The second-order valence-electron chi connectivity index (χ2n) is 8.92. The first-order chi connectivity index (χ1) is 16.2. The number of carbonyl (C=O) groups excluding carboxylic acids is 1. The van der Waals surface area contributed by atoms with Crippen molar-refractivity contribution in [2.45, 2.75) is 58.2 Å². The van der Waals surface area contributed by atoms with Crippen LogP contribution < -0.4 is 5.73 Å². The maximum Gasteiger partial charge on any atom is 0.242 e. The van der Waals surface area contributed by atoms with Crippen LogP contribution in [-0.2, 0) is 29.7 Å². The Morgan fingerprint density at radius 2 is 1.91 bits per heavy atom. The van der Waals surface area contributed by atoms with E-state index in [1.54, 1.807) is 6.92 Å². The van der Waals surface area contributed by atoms with Crippen molar-refractivity contribution in [1.82, 2.24) is 14.7 Å². The van der Waals surface area contributed by atoms with Crippen molar-refractivity contribution < 1.29 is 18.0 Å². The number of aryl methyl sites for hydroxylation is 3. The number of hydrogen-bond acceptors (Lipinski definition) is 3. The monoisotopic (exact) mass is 470 g/mol. The summed E-state index contributed by atoms with van der Waals surface area (Å²) in [6.07, 6.45) is 1.08. The Kier molecular flexibility index (Phi) is 6.53. The number of aromatic nitrogens is 2. The number of halogens is 3. The molecular weight excluding hydrogens is 441 g/mol. The summed E-state index contributed by atoms with van der Waals surface area (Å²) in [6, 6.07) is 10.5. The van der Waals surface area contributed by atoms with E-state index in [0.29, 0.717) is 32.0 Å². The summed E-state index contributed by atoms with van der Waals surface area (Å²) in [7, 11) is 0. The van der Waals surface area contributed by atoms with E-state index in [0.717, 1.165) is 28.6 Å².